The number of aromatic nitrogens is 3. The number of fused-ring (bicyclic) bond motifs is 1. The SMILES string of the molecule is CCn1ncc(C=c2sc3n(c2=O)C(c2ccccc2)C(C(=O)Nc2ccccc2)=C(C)N=3)c1C. The molecule has 3 heterocycles. The van der Waals surface area contributed by atoms with Crippen molar-refractivity contribution in [1.29, 1.82) is 0 Å². The minimum Gasteiger partial charge on any atom is -0.322 e. The minimum absolute atomic E-state index is 0.177. The maximum atomic E-state index is 13.7. The fraction of sp³-hybridized carbons (Fsp3) is 0.185. The number of para-hydroxylation sites is 1. The van der Waals surface area contributed by atoms with Crippen LogP contribution in [-0.4, -0.2) is 20.3 Å². The van der Waals surface area contributed by atoms with Crippen LogP contribution in [0.25, 0.3) is 6.08 Å². The number of thiazole rings is 1. The first-order valence-electron chi connectivity index (χ1n) is 11.4. The van der Waals surface area contributed by atoms with Crippen LogP contribution in [0.2, 0.25) is 0 Å². The van der Waals surface area contributed by atoms with Gasteiger partial charge in [-0.05, 0) is 44.5 Å². The highest BCUT2D eigenvalue weighted by atomic mass is 32.1. The molecule has 2 aromatic carbocycles. The number of amides is 1. The number of rotatable bonds is 5. The standard InChI is InChI=1S/C27H25N5O2S/c1-4-31-18(3)20(16-28-31)15-22-26(34)32-24(19-11-7-5-8-12-19)23(17(2)29-27(32)35-22)25(33)30-21-13-9-6-10-14-21/h5-16,24H,4H2,1-3H3,(H,30,33). The van der Waals surface area contributed by atoms with Crippen LogP contribution >= 0.6 is 11.3 Å². The van der Waals surface area contributed by atoms with E-state index in [4.69, 9.17) is 4.99 Å². The Bertz CT molecular complexity index is 1610. The Hall–Kier alpha value is -4.04. The van der Waals surface area contributed by atoms with Crippen LogP contribution in [0.3, 0.4) is 0 Å². The zero-order valence-corrected chi connectivity index (χ0v) is 20.5. The molecule has 5 rings (SSSR count). The van der Waals surface area contributed by atoms with Gasteiger partial charge in [-0.15, -0.1) is 0 Å². The third kappa shape index (κ3) is 4.17. The van der Waals surface area contributed by atoms with E-state index in [1.807, 2.05) is 92.2 Å². The quantitative estimate of drug-likeness (QED) is 0.472. The minimum atomic E-state index is -0.585. The summed E-state index contributed by atoms with van der Waals surface area (Å²) in [6, 6.07) is 18.3. The molecule has 0 saturated carbocycles. The molecule has 0 saturated heterocycles. The molecule has 2 aromatic heterocycles. The molecule has 0 fully saturated rings. The van der Waals surface area contributed by atoms with Crippen LogP contribution in [0.1, 0.15) is 36.7 Å². The predicted molar refractivity (Wildman–Crippen MR) is 138 cm³/mol. The van der Waals surface area contributed by atoms with Crippen LogP contribution in [0.5, 0.6) is 0 Å². The largest absolute Gasteiger partial charge is 0.322 e. The number of nitrogens with zero attached hydrogens (tertiary/aromatic N) is 4. The fourth-order valence-electron chi connectivity index (χ4n) is 4.35. The van der Waals surface area contributed by atoms with Crippen molar-refractivity contribution in [3.8, 4) is 0 Å². The number of carbonyl (C=O) groups excluding carboxylic acids is 1. The molecule has 1 atom stereocenters. The normalized spacial score (nSPS) is 15.6. The molecule has 4 aromatic rings. The summed E-state index contributed by atoms with van der Waals surface area (Å²) in [4.78, 5) is 32.5. The van der Waals surface area contributed by atoms with Gasteiger partial charge in [-0.25, -0.2) is 4.99 Å². The van der Waals surface area contributed by atoms with E-state index in [0.717, 1.165) is 23.4 Å². The number of carbonyl (C=O) groups is 1. The highest BCUT2D eigenvalue weighted by Crippen LogP contribution is 2.30. The number of hydrogen-bond donors (Lipinski definition) is 1. The van der Waals surface area contributed by atoms with E-state index in [0.29, 0.717) is 26.3 Å². The van der Waals surface area contributed by atoms with Crippen molar-refractivity contribution in [2.75, 3.05) is 5.32 Å². The molecule has 0 spiro atoms. The zero-order valence-electron chi connectivity index (χ0n) is 19.7. The van der Waals surface area contributed by atoms with Crippen molar-refractivity contribution in [2.24, 2.45) is 4.99 Å². The Morgan fingerprint density at radius 3 is 2.43 bits per heavy atom. The van der Waals surface area contributed by atoms with Gasteiger partial charge in [0.15, 0.2) is 4.80 Å². The van der Waals surface area contributed by atoms with Crippen molar-refractivity contribution in [2.45, 2.75) is 33.4 Å². The van der Waals surface area contributed by atoms with Gasteiger partial charge >= 0.3 is 0 Å². The van der Waals surface area contributed by atoms with Crippen molar-refractivity contribution < 1.29 is 4.79 Å². The Balaban J connectivity index is 1.67. The predicted octanol–water partition coefficient (Wildman–Crippen LogP) is 3.40. The van der Waals surface area contributed by atoms with Gasteiger partial charge in [0, 0.05) is 23.5 Å². The van der Waals surface area contributed by atoms with Gasteiger partial charge in [-0.1, -0.05) is 59.9 Å². The van der Waals surface area contributed by atoms with Crippen LogP contribution in [0, 0.1) is 6.92 Å². The zero-order chi connectivity index (χ0) is 24.5. The number of allylic oxidation sites excluding steroid dienone is 1. The number of anilines is 1. The average Bonchev–Trinajstić information content (AvgIpc) is 3.37. The molecule has 1 aliphatic heterocycles. The van der Waals surface area contributed by atoms with Gasteiger partial charge < -0.3 is 5.32 Å². The molecule has 1 N–H and O–H groups in total. The van der Waals surface area contributed by atoms with E-state index in [1.165, 1.54) is 11.3 Å². The first kappa shape index (κ1) is 22.7. The van der Waals surface area contributed by atoms with E-state index in [9.17, 15) is 9.59 Å². The summed E-state index contributed by atoms with van der Waals surface area (Å²) in [7, 11) is 0. The topological polar surface area (TPSA) is 81.3 Å². The summed E-state index contributed by atoms with van der Waals surface area (Å²) < 4.78 is 4.09. The molecule has 0 aliphatic carbocycles. The van der Waals surface area contributed by atoms with E-state index in [-0.39, 0.29) is 11.5 Å². The molecular formula is C27H25N5O2S. The third-order valence-corrected chi connectivity index (χ3v) is 7.12. The second-order valence-electron chi connectivity index (χ2n) is 8.31. The smallest absolute Gasteiger partial charge is 0.271 e. The van der Waals surface area contributed by atoms with Gasteiger partial charge in [-0.3, -0.25) is 18.8 Å². The monoisotopic (exact) mass is 483 g/mol. The van der Waals surface area contributed by atoms with E-state index in [1.54, 1.807) is 10.8 Å². The lowest BCUT2D eigenvalue weighted by Crippen LogP contribution is -2.40. The Kier molecular flexibility index (Phi) is 6.05. The molecule has 1 aliphatic rings. The maximum absolute atomic E-state index is 13.7. The van der Waals surface area contributed by atoms with Crippen LogP contribution in [-0.2, 0) is 11.3 Å². The Labute approximate surface area is 206 Å². The van der Waals surface area contributed by atoms with Crippen LogP contribution in [0.15, 0.2) is 87.9 Å². The summed E-state index contributed by atoms with van der Waals surface area (Å²) in [6.45, 7) is 6.60. The van der Waals surface area contributed by atoms with Gasteiger partial charge in [0.25, 0.3) is 11.5 Å². The van der Waals surface area contributed by atoms with Crippen molar-refractivity contribution in [3.05, 3.63) is 115 Å². The number of nitrogens with one attached hydrogen (secondary N) is 1. The van der Waals surface area contributed by atoms with Gasteiger partial charge in [0.1, 0.15) is 0 Å². The van der Waals surface area contributed by atoms with Crippen molar-refractivity contribution >= 4 is 29.0 Å². The van der Waals surface area contributed by atoms with E-state index >= 15 is 0 Å². The fourth-order valence-corrected chi connectivity index (χ4v) is 5.38. The molecule has 0 bridgehead atoms. The first-order chi connectivity index (χ1) is 17.0. The molecule has 0 radical (unpaired) electrons. The summed E-state index contributed by atoms with van der Waals surface area (Å²) in [5.74, 6) is -0.277. The van der Waals surface area contributed by atoms with Crippen LogP contribution < -0.4 is 20.2 Å². The lowest BCUT2D eigenvalue weighted by atomic mass is 9.95. The van der Waals surface area contributed by atoms with Gasteiger partial charge in [0.2, 0.25) is 0 Å². The molecule has 176 valence electrons. The average molecular weight is 484 g/mol. The van der Waals surface area contributed by atoms with E-state index in [2.05, 4.69) is 10.4 Å². The molecule has 8 heteroatoms. The first-order valence-corrected chi connectivity index (χ1v) is 12.3. The second kappa shape index (κ2) is 9.31. The Morgan fingerprint density at radius 1 is 1.09 bits per heavy atom. The lowest BCUT2D eigenvalue weighted by molar-refractivity contribution is -0.113. The van der Waals surface area contributed by atoms with Crippen molar-refractivity contribution in [3.63, 3.8) is 0 Å². The molecule has 35 heavy (non-hydrogen) atoms. The third-order valence-electron chi connectivity index (χ3n) is 6.14. The van der Waals surface area contributed by atoms with E-state index < -0.39 is 6.04 Å². The highest BCUT2D eigenvalue weighted by Gasteiger charge is 2.32. The lowest BCUT2D eigenvalue weighted by Gasteiger charge is -2.25. The molecule has 7 nitrogen and oxygen atoms in total. The Morgan fingerprint density at radius 2 is 1.77 bits per heavy atom. The van der Waals surface area contributed by atoms with Crippen LogP contribution in [0.4, 0.5) is 5.69 Å². The molecular weight excluding hydrogens is 458 g/mol. The van der Waals surface area contributed by atoms with Crippen molar-refractivity contribution in [1.82, 2.24) is 14.3 Å². The molecule has 1 amide bonds. The summed E-state index contributed by atoms with van der Waals surface area (Å²) in [5.41, 5.74) is 4.30. The number of aryl methyl sites for hydroxylation is 1. The second-order valence-corrected chi connectivity index (χ2v) is 9.32. The summed E-state index contributed by atoms with van der Waals surface area (Å²) >= 11 is 1.33. The summed E-state index contributed by atoms with van der Waals surface area (Å²) in [6.07, 6.45) is 3.64. The summed E-state index contributed by atoms with van der Waals surface area (Å²) in [5, 5.41) is 7.36. The highest BCUT2D eigenvalue weighted by molar-refractivity contribution is 7.07. The van der Waals surface area contributed by atoms with Gasteiger partial charge in [-0.2, -0.15) is 5.10 Å². The number of hydrogen-bond acceptors (Lipinski definition) is 5. The maximum Gasteiger partial charge on any atom is 0.271 e. The number of benzene rings is 2. The molecule has 1 unspecified atom stereocenters. The van der Waals surface area contributed by atoms with Gasteiger partial charge in [0.05, 0.1) is 28.0 Å².